The standard InChI is InChI=1S/C22H23N3O2S/c1-22(2,3)15-7-5-14(6-8-15)19-24-20(26)18(13-23)21(28)25(19)16-9-11-17(27-4)12-10-16/h5-12,19,28H,1-4H3,(H,24,26)/t19-/m1/s1. The van der Waals surface area contributed by atoms with E-state index < -0.39 is 12.1 Å². The highest BCUT2D eigenvalue weighted by atomic mass is 32.1. The van der Waals surface area contributed by atoms with Crippen LogP contribution in [0.25, 0.3) is 0 Å². The maximum Gasteiger partial charge on any atom is 0.266 e. The quantitative estimate of drug-likeness (QED) is 0.764. The molecule has 0 unspecified atom stereocenters. The molecule has 0 fully saturated rings. The van der Waals surface area contributed by atoms with Crippen molar-refractivity contribution in [1.82, 2.24) is 5.32 Å². The molecule has 6 heteroatoms. The molecule has 0 saturated heterocycles. The third-order valence-corrected chi connectivity index (χ3v) is 5.20. The van der Waals surface area contributed by atoms with Crippen molar-refractivity contribution in [1.29, 1.82) is 5.26 Å². The first-order valence-electron chi connectivity index (χ1n) is 8.94. The molecule has 144 valence electrons. The summed E-state index contributed by atoms with van der Waals surface area (Å²) in [5, 5.41) is 12.6. The predicted octanol–water partition coefficient (Wildman–Crippen LogP) is 4.29. The van der Waals surface area contributed by atoms with Gasteiger partial charge in [-0.25, -0.2) is 0 Å². The summed E-state index contributed by atoms with van der Waals surface area (Å²) in [4.78, 5) is 14.3. The van der Waals surface area contributed by atoms with Crippen molar-refractivity contribution in [2.45, 2.75) is 32.4 Å². The fourth-order valence-corrected chi connectivity index (χ4v) is 3.50. The van der Waals surface area contributed by atoms with Gasteiger partial charge < -0.3 is 15.0 Å². The highest BCUT2D eigenvalue weighted by Crippen LogP contribution is 2.36. The lowest BCUT2D eigenvalue weighted by Crippen LogP contribution is -2.46. The molecule has 0 radical (unpaired) electrons. The molecule has 0 spiro atoms. The van der Waals surface area contributed by atoms with Gasteiger partial charge in [0.2, 0.25) is 0 Å². The fourth-order valence-electron chi connectivity index (χ4n) is 3.12. The lowest BCUT2D eigenvalue weighted by Gasteiger charge is -2.38. The second-order valence-corrected chi connectivity index (χ2v) is 8.05. The van der Waals surface area contributed by atoms with Crippen molar-refractivity contribution in [3.63, 3.8) is 0 Å². The SMILES string of the molecule is COc1ccc(N2C(S)=C(C#N)C(=O)N[C@H]2c2ccc(C(C)(C)C)cc2)cc1. The number of nitriles is 1. The maximum atomic E-state index is 12.4. The van der Waals surface area contributed by atoms with Gasteiger partial charge >= 0.3 is 0 Å². The van der Waals surface area contributed by atoms with Gasteiger partial charge in [-0.1, -0.05) is 45.0 Å². The Bertz CT molecular complexity index is 951. The molecule has 28 heavy (non-hydrogen) atoms. The Morgan fingerprint density at radius 1 is 1.11 bits per heavy atom. The topological polar surface area (TPSA) is 65.4 Å². The molecule has 0 aliphatic carbocycles. The highest BCUT2D eigenvalue weighted by molar-refractivity contribution is 7.84. The molecule has 1 atom stereocenters. The third-order valence-electron chi connectivity index (χ3n) is 4.76. The van der Waals surface area contributed by atoms with Crippen LogP contribution in [-0.2, 0) is 10.2 Å². The predicted molar refractivity (Wildman–Crippen MR) is 113 cm³/mol. The number of thiol groups is 1. The van der Waals surface area contributed by atoms with Crippen LogP contribution in [0.1, 0.15) is 38.1 Å². The molecule has 0 bridgehead atoms. The first-order valence-corrected chi connectivity index (χ1v) is 9.39. The average molecular weight is 394 g/mol. The second-order valence-electron chi connectivity index (χ2n) is 7.63. The van der Waals surface area contributed by atoms with Crippen molar-refractivity contribution < 1.29 is 9.53 Å². The van der Waals surface area contributed by atoms with Crippen LogP contribution in [0.5, 0.6) is 5.75 Å². The molecule has 0 saturated carbocycles. The number of nitrogens with zero attached hydrogens (tertiary/aromatic N) is 2. The van der Waals surface area contributed by atoms with Gasteiger partial charge in [-0.15, -0.1) is 12.6 Å². The van der Waals surface area contributed by atoms with Crippen LogP contribution in [0.3, 0.4) is 0 Å². The Morgan fingerprint density at radius 2 is 1.71 bits per heavy atom. The summed E-state index contributed by atoms with van der Waals surface area (Å²) in [6.07, 6.45) is -0.473. The van der Waals surface area contributed by atoms with E-state index in [0.717, 1.165) is 17.0 Å². The molecular formula is C22H23N3O2S. The number of anilines is 1. The van der Waals surface area contributed by atoms with Crippen molar-refractivity contribution >= 4 is 24.2 Å². The first-order chi connectivity index (χ1) is 13.3. The minimum Gasteiger partial charge on any atom is -0.497 e. The van der Waals surface area contributed by atoms with Gasteiger partial charge in [0, 0.05) is 5.69 Å². The molecule has 2 aromatic rings. The van der Waals surface area contributed by atoms with E-state index in [1.807, 2.05) is 47.4 Å². The normalized spacial score (nSPS) is 17.2. The van der Waals surface area contributed by atoms with Crippen LogP contribution in [0, 0.1) is 11.3 Å². The van der Waals surface area contributed by atoms with E-state index in [-0.39, 0.29) is 11.0 Å². The van der Waals surface area contributed by atoms with Crippen molar-refractivity contribution in [2.75, 3.05) is 12.0 Å². The number of carbonyl (C=O) groups excluding carboxylic acids is 1. The van der Waals surface area contributed by atoms with Crippen LogP contribution in [0.2, 0.25) is 0 Å². The molecule has 1 N–H and O–H groups in total. The molecule has 5 nitrogen and oxygen atoms in total. The molecule has 1 aliphatic rings. The van der Waals surface area contributed by atoms with Crippen LogP contribution < -0.4 is 15.0 Å². The number of nitrogens with one attached hydrogen (secondary N) is 1. The Kier molecular flexibility index (Phi) is 5.39. The minimum absolute atomic E-state index is 0.0123. The number of ether oxygens (including phenoxy) is 1. The number of amides is 1. The Hall–Kier alpha value is -2.91. The summed E-state index contributed by atoms with van der Waals surface area (Å²) < 4.78 is 5.23. The fraction of sp³-hybridized carbons (Fsp3) is 0.273. The Morgan fingerprint density at radius 3 is 2.21 bits per heavy atom. The van der Waals surface area contributed by atoms with Crippen LogP contribution >= 0.6 is 12.6 Å². The number of rotatable bonds is 3. The van der Waals surface area contributed by atoms with E-state index in [1.54, 1.807) is 7.11 Å². The number of carbonyl (C=O) groups is 1. The number of hydrogen-bond donors (Lipinski definition) is 2. The maximum absolute atomic E-state index is 12.4. The Labute approximate surface area is 171 Å². The second kappa shape index (κ2) is 7.61. The van der Waals surface area contributed by atoms with Gasteiger partial charge in [0.05, 0.1) is 12.1 Å². The zero-order valence-electron chi connectivity index (χ0n) is 16.4. The van der Waals surface area contributed by atoms with E-state index in [9.17, 15) is 10.1 Å². The average Bonchev–Trinajstić information content (AvgIpc) is 2.67. The Balaban J connectivity index is 2.08. The lowest BCUT2D eigenvalue weighted by molar-refractivity contribution is -0.118. The summed E-state index contributed by atoms with van der Waals surface area (Å²) in [6.45, 7) is 6.46. The molecule has 2 aromatic carbocycles. The number of benzene rings is 2. The summed E-state index contributed by atoms with van der Waals surface area (Å²) in [7, 11) is 1.60. The highest BCUT2D eigenvalue weighted by Gasteiger charge is 2.34. The monoisotopic (exact) mass is 393 g/mol. The van der Waals surface area contributed by atoms with Gasteiger partial charge in [-0.3, -0.25) is 4.79 Å². The molecule has 1 amide bonds. The van der Waals surface area contributed by atoms with Crippen LogP contribution in [-0.4, -0.2) is 13.0 Å². The van der Waals surface area contributed by atoms with Gasteiger partial charge in [0.1, 0.15) is 23.6 Å². The van der Waals surface area contributed by atoms with Crippen LogP contribution in [0.4, 0.5) is 5.69 Å². The lowest BCUT2D eigenvalue weighted by atomic mass is 9.86. The van der Waals surface area contributed by atoms with Gasteiger partial charge in [0.25, 0.3) is 5.91 Å². The number of methoxy groups -OCH3 is 1. The largest absolute Gasteiger partial charge is 0.497 e. The van der Waals surface area contributed by atoms with Gasteiger partial charge in [-0.05, 0) is 40.8 Å². The van der Waals surface area contributed by atoms with Gasteiger partial charge in [-0.2, -0.15) is 5.26 Å². The van der Waals surface area contributed by atoms with Crippen molar-refractivity contribution in [3.05, 3.63) is 70.3 Å². The van der Waals surface area contributed by atoms with Gasteiger partial charge in [0.15, 0.2) is 0 Å². The van der Waals surface area contributed by atoms with Crippen LogP contribution in [0.15, 0.2) is 59.1 Å². The zero-order chi connectivity index (χ0) is 20.5. The summed E-state index contributed by atoms with van der Waals surface area (Å²) >= 11 is 4.52. The van der Waals surface area contributed by atoms with E-state index in [2.05, 4.69) is 50.8 Å². The molecule has 3 rings (SSSR count). The molecular weight excluding hydrogens is 370 g/mol. The number of hydrogen-bond acceptors (Lipinski definition) is 5. The zero-order valence-corrected chi connectivity index (χ0v) is 17.2. The smallest absolute Gasteiger partial charge is 0.266 e. The van der Waals surface area contributed by atoms with E-state index in [0.29, 0.717) is 5.03 Å². The summed E-state index contributed by atoms with van der Waals surface area (Å²) in [5.74, 6) is 0.295. The minimum atomic E-state index is -0.473. The van der Waals surface area contributed by atoms with E-state index >= 15 is 0 Å². The molecule has 0 aromatic heterocycles. The van der Waals surface area contributed by atoms with E-state index in [1.165, 1.54) is 5.56 Å². The summed E-state index contributed by atoms with van der Waals surface area (Å²) in [6, 6.07) is 17.5. The molecule has 1 aliphatic heterocycles. The molecule has 1 heterocycles. The summed E-state index contributed by atoms with van der Waals surface area (Å²) in [5.41, 5.74) is 2.92. The van der Waals surface area contributed by atoms with Crippen molar-refractivity contribution in [3.8, 4) is 11.8 Å². The van der Waals surface area contributed by atoms with E-state index in [4.69, 9.17) is 4.74 Å². The van der Waals surface area contributed by atoms with Crippen molar-refractivity contribution in [2.24, 2.45) is 0 Å². The third kappa shape index (κ3) is 3.71. The first kappa shape index (κ1) is 19.8.